The molecule has 1 aromatic carbocycles. The van der Waals surface area contributed by atoms with Crippen molar-refractivity contribution < 1.29 is 35.9 Å². The molecule has 1 amide bonds. The van der Waals surface area contributed by atoms with Crippen molar-refractivity contribution in [3.05, 3.63) is 66.8 Å². The Morgan fingerprint density at radius 1 is 1.05 bits per heavy atom. The van der Waals surface area contributed by atoms with E-state index in [4.69, 9.17) is 0 Å². The highest BCUT2D eigenvalue weighted by Gasteiger charge is 2.38. The number of piperazine rings is 1. The number of amides is 1. The monoisotopic (exact) mass is 594 g/mol. The zero-order chi connectivity index (χ0) is 30.1. The molecule has 1 saturated heterocycles. The van der Waals surface area contributed by atoms with Gasteiger partial charge in [0, 0.05) is 56.3 Å². The Kier molecular flexibility index (Phi) is 8.06. The third kappa shape index (κ3) is 6.63. The number of fused-ring (bicyclic) bond motifs is 1. The van der Waals surface area contributed by atoms with E-state index >= 15 is 0 Å². The van der Waals surface area contributed by atoms with E-state index < -0.39 is 24.5 Å². The summed E-state index contributed by atoms with van der Waals surface area (Å²) in [6.07, 6.45) is 0.501. The van der Waals surface area contributed by atoms with E-state index in [0.29, 0.717) is 61.0 Å². The van der Waals surface area contributed by atoms with Gasteiger partial charge in [-0.1, -0.05) is 18.2 Å². The molecule has 0 bridgehead atoms. The lowest BCUT2D eigenvalue weighted by Crippen LogP contribution is -2.52. The van der Waals surface area contributed by atoms with Crippen LogP contribution >= 0.6 is 0 Å². The minimum atomic E-state index is -4.82. The van der Waals surface area contributed by atoms with Gasteiger partial charge in [0.1, 0.15) is 23.3 Å². The van der Waals surface area contributed by atoms with E-state index in [1.54, 1.807) is 34.6 Å². The van der Waals surface area contributed by atoms with Crippen LogP contribution in [0.1, 0.15) is 19.8 Å². The number of benzene rings is 1. The number of imidazole rings is 1. The molecule has 224 valence electrons. The molecule has 2 atom stereocenters. The maximum atomic E-state index is 13.4. The number of halogens is 6. The Hall–Kier alpha value is -4.23. The molecule has 2 unspecified atom stereocenters. The van der Waals surface area contributed by atoms with Crippen molar-refractivity contribution in [3.63, 3.8) is 0 Å². The number of rotatable bonds is 6. The molecule has 3 aromatic rings. The van der Waals surface area contributed by atoms with Crippen molar-refractivity contribution in [2.45, 2.75) is 38.3 Å². The molecule has 0 radical (unpaired) electrons. The number of hydrogen-bond donors (Lipinski definition) is 1. The van der Waals surface area contributed by atoms with Crippen LogP contribution in [0.4, 0.5) is 32.2 Å². The van der Waals surface area contributed by atoms with Crippen LogP contribution in [-0.4, -0.2) is 74.8 Å². The number of nitrogens with one attached hydrogen (secondary N) is 1. The molecule has 3 heterocycles. The zero-order valence-electron chi connectivity index (χ0n) is 22.5. The first-order chi connectivity index (χ1) is 19.9. The van der Waals surface area contributed by atoms with Crippen molar-refractivity contribution in [2.24, 2.45) is 5.92 Å². The minimum absolute atomic E-state index is 0.0819. The van der Waals surface area contributed by atoms with E-state index in [2.05, 4.69) is 20.0 Å². The topological polar surface area (TPSA) is 75.0 Å². The molecule has 5 rings (SSSR count). The summed E-state index contributed by atoms with van der Waals surface area (Å²) >= 11 is 0. The SMILES string of the molecule is CC(Nc1c(-c2ccc(OC(F)(F)F)cc2)nc2cnccn12)C(=O)N1CCN(C2=CC(C(F)(F)F)CC=CC2)CC1. The Bertz CT molecular complexity index is 1470. The maximum absolute atomic E-state index is 13.4. The molecule has 1 aliphatic heterocycles. The molecular weight excluding hydrogens is 566 g/mol. The molecule has 8 nitrogen and oxygen atoms in total. The number of carbonyl (C=O) groups excluding carboxylic acids is 1. The summed E-state index contributed by atoms with van der Waals surface area (Å²) in [7, 11) is 0. The number of nitrogens with zero attached hydrogens (tertiary/aromatic N) is 5. The number of hydrogen-bond acceptors (Lipinski definition) is 6. The number of allylic oxidation sites excluding steroid dienone is 3. The van der Waals surface area contributed by atoms with Gasteiger partial charge in [-0.05, 0) is 37.6 Å². The Labute approximate surface area is 237 Å². The molecule has 1 fully saturated rings. The van der Waals surface area contributed by atoms with Crippen LogP contribution in [0.5, 0.6) is 5.75 Å². The standard InChI is InChI=1S/C28H28F6N6O2/c1-18(26(41)39-14-12-38(13-15-39)21-5-3-2-4-20(16-21)27(29,30)31)36-25-24(37-23-17-35-10-11-40(23)25)19-6-8-22(9-7-19)42-28(32,33)34/h2-3,6-11,16-18,20,36H,4-5,12-15H2,1H3. The number of aromatic nitrogens is 3. The summed E-state index contributed by atoms with van der Waals surface area (Å²) in [5.74, 6) is -1.66. The summed E-state index contributed by atoms with van der Waals surface area (Å²) in [4.78, 5) is 25.6. The molecular formula is C28H28F6N6O2. The van der Waals surface area contributed by atoms with Gasteiger partial charge in [0.2, 0.25) is 5.91 Å². The van der Waals surface area contributed by atoms with Crippen LogP contribution in [0.2, 0.25) is 0 Å². The van der Waals surface area contributed by atoms with E-state index in [0.717, 1.165) is 0 Å². The van der Waals surface area contributed by atoms with Crippen molar-refractivity contribution in [1.82, 2.24) is 24.2 Å². The highest BCUT2D eigenvalue weighted by Crippen LogP contribution is 2.35. The summed E-state index contributed by atoms with van der Waals surface area (Å²) < 4.78 is 83.5. The van der Waals surface area contributed by atoms with Crippen LogP contribution in [0.25, 0.3) is 16.9 Å². The Balaban J connectivity index is 1.29. The zero-order valence-corrected chi connectivity index (χ0v) is 22.5. The van der Waals surface area contributed by atoms with Crippen molar-refractivity contribution >= 4 is 17.4 Å². The fraction of sp³-hybridized carbons (Fsp3) is 0.393. The van der Waals surface area contributed by atoms with Crippen molar-refractivity contribution in [1.29, 1.82) is 0 Å². The average Bonchev–Trinajstić information content (AvgIpc) is 3.11. The summed E-state index contributed by atoms with van der Waals surface area (Å²) in [6.45, 7) is 3.18. The Morgan fingerprint density at radius 2 is 1.76 bits per heavy atom. The van der Waals surface area contributed by atoms with E-state index in [1.807, 2.05) is 4.90 Å². The molecule has 0 spiro atoms. The quantitative estimate of drug-likeness (QED) is 0.294. The van der Waals surface area contributed by atoms with Gasteiger partial charge in [0.25, 0.3) is 0 Å². The van der Waals surface area contributed by atoms with Gasteiger partial charge in [-0.15, -0.1) is 13.2 Å². The summed E-state index contributed by atoms with van der Waals surface area (Å²) in [6, 6.07) is 4.52. The Morgan fingerprint density at radius 3 is 2.43 bits per heavy atom. The number of carbonyl (C=O) groups is 1. The molecule has 2 aliphatic rings. The fourth-order valence-corrected chi connectivity index (χ4v) is 5.09. The van der Waals surface area contributed by atoms with Crippen LogP contribution in [0.15, 0.2) is 66.8 Å². The lowest BCUT2D eigenvalue weighted by Gasteiger charge is -2.38. The lowest BCUT2D eigenvalue weighted by atomic mass is 10.0. The highest BCUT2D eigenvalue weighted by molar-refractivity contribution is 5.86. The molecule has 42 heavy (non-hydrogen) atoms. The van der Waals surface area contributed by atoms with E-state index in [1.165, 1.54) is 42.7 Å². The van der Waals surface area contributed by atoms with Gasteiger partial charge >= 0.3 is 12.5 Å². The largest absolute Gasteiger partial charge is 0.573 e. The molecule has 1 N–H and O–H groups in total. The molecule has 2 aromatic heterocycles. The average molecular weight is 595 g/mol. The van der Waals surface area contributed by atoms with Crippen molar-refractivity contribution in [2.75, 3.05) is 31.5 Å². The van der Waals surface area contributed by atoms with Gasteiger partial charge in [0.15, 0.2) is 5.65 Å². The number of ether oxygens (including phenoxy) is 1. The van der Waals surface area contributed by atoms with Crippen molar-refractivity contribution in [3.8, 4) is 17.0 Å². The predicted octanol–water partition coefficient (Wildman–Crippen LogP) is 5.65. The first-order valence-electron chi connectivity index (χ1n) is 13.3. The second kappa shape index (κ2) is 11.6. The minimum Gasteiger partial charge on any atom is -0.406 e. The summed E-state index contributed by atoms with van der Waals surface area (Å²) in [5, 5.41) is 3.20. The third-order valence-electron chi connectivity index (χ3n) is 7.21. The smallest absolute Gasteiger partial charge is 0.406 e. The highest BCUT2D eigenvalue weighted by atomic mass is 19.4. The van der Waals surface area contributed by atoms with E-state index in [9.17, 15) is 31.1 Å². The van der Waals surface area contributed by atoms with Gasteiger partial charge in [-0.2, -0.15) is 13.2 Å². The third-order valence-corrected chi connectivity index (χ3v) is 7.21. The molecule has 0 saturated carbocycles. The second-order valence-corrected chi connectivity index (χ2v) is 10.1. The van der Waals surface area contributed by atoms with Crippen LogP contribution in [0, 0.1) is 5.92 Å². The first kappa shape index (κ1) is 29.3. The predicted molar refractivity (Wildman–Crippen MR) is 142 cm³/mol. The molecule has 14 heteroatoms. The number of anilines is 1. The van der Waals surface area contributed by atoms with Gasteiger partial charge in [-0.3, -0.25) is 14.2 Å². The van der Waals surface area contributed by atoms with Crippen LogP contribution in [-0.2, 0) is 4.79 Å². The van der Waals surface area contributed by atoms with E-state index in [-0.39, 0.29) is 18.1 Å². The lowest BCUT2D eigenvalue weighted by molar-refractivity contribution is -0.274. The number of alkyl halides is 6. The molecule has 1 aliphatic carbocycles. The normalized spacial score (nSPS) is 18.9. The first-order valence-corrected chi connectivity index (χ1v) is 13.3. The fourth-order valence-electron chi connectivity index (χ4n) is 5.09. The second-order valence-electron chi connectivity index (χ2n) is 10.1. The maximum Gasteiger partial charge on any atom is 0.573 e. The van der Waals surface area contributed by atoms with Crippen LogP contribution in [0.3, 0.4) is 0 Å². The van der Waals surface area contributed by atoms with Gasteiger partial charge in [-0.25, -0.2) is 4.98 Å². The van der Waals surface area contributed by atoms with Gasteiger partial charge in [0.05, 0.1) is 12.1 Å². The van der Waals surface area contributed by atoms with Gasteiger partial charge < -0.3 is 19.9 Å². The van der Waals surface area contributed by atoms with Crippen LogP contribution < -0.4 is 10.1 Å². The summed E-state index contributed by atoms with van der Waals surface area (Å²) in [5.41, 5.74) is 1.97.